The Morgan fingerprint density at radius 1 is 1.32 bits per heavy atom. The lowest BCUT2D eigenvalue weighted by atomic mass is 9.97. The topological polar surface area (TPSA) is 112 Å². The fraction of sp³-hybridized carbons (Fsp3) is 0.679. The summed E-state index contributed by atoms with van der Waals surface area (Å²) in [5.41, 5.74) is -0.213. The molecule has 0 bridgehead atoms. The lowest BCUT2D eigenvalue weighted by Crippen LogP contribution is -2.51. The molecular weight excluding hydrogens is 474 g/mol. The van der Waals surface area contributed by atoms with Crippen molar-refractivity contribution in [2.24, 2.45) is 11.8 Å². The van der Waals surface area contributed by atoms with E-state index in [9.17, 15) is 19.8 Å². The van der Waals surface area contributed by atoms with Crippen molar-refractivity contribution < 1.29 is 29.3 Å². The van der Waals surface area contributed by atoms with Crippen molar-refractivity contribution in [1.82, 2.24) is 14.8 Å². The van der Waals surface area contributed by atoms with Gasteiger partial charge < -0.3 is 29.5 Å². The van der Waals surface area contributed by atoms with Crippen LogP contribution in [0.3, 0.4) is 0 Å². The van der Waals surface area contributed by atoms with Crippen molar-refractivity contribution in [3.8, 4) is 17.7 Å². The zero-order valence-electron chi connectivity index (χ0n) is 22.1. The second-order valence-corrected chi connectivity index (χ2v) is 10.8. The summed E-state index contributed by atoms with van der Waals surface area (Å²) in [6.45, 7) is 5.50. The summed E-state index contributed by atoms with van der Waals surface area (Å²) >= 11 is 0. The molecule has 9 nitrogen and oxygen atoms in total. The summed E-state index contributed by atoms with van der Waals surface area (Å²) in [6, 6.07) is 1.24. The van der Waals surface area contributed by atoms with Gasteiger partial charge in [0.15, 0.2) is 0 Å². The molecule has 1 saturated heterocycles. The molecule has 0 spiro atoms. The number of nitrogens with zero attached hydrogens (tertiary/aromatic N) is 3. The first-order valence-corrected chi connectivity index (χ1v) is 13.4. The zero-order valence-corrected chi connectivity index (χ0v) is 22.1. The van der Waals surface area contributed by atoms with Crippen LogP contribution in [0.1, 0.15) is 68.3 Å². The molecule has 3 aliphatic rings. The minimum absolute atomic E-state index is 0.0590. The lowest BCUT2D eigenvalue weighted by molar-refractivity contribution is -0.138. The van der Waals surface area contributed by atoms with Gasteiger partial charge in [0, 0.05) is 50.4 Å². The third-order valence-electron chi connectivity index (χ3n) is 7.79. The predicted octanol–water partition coefficient (Wildman–Crippen LogP) is 1.84. The number of carbonyl (C=O) groups excluding carboxylic acids is 2. The van der Waals surface area contributed by atoms with Crippen LogP contribution in [-0.4, -0.2) is 94.5 Å². The van der Waals surface area contributed by atoms with Crippen LogP contribution in [0.5, 0.6) is 5.88 Å². The minimum Gasteiger partial charge on any atom is -0.472 e. The van der Waals surface area contributed by atoms with Crippen molar-refractivity contribution >= 4 is 11.8 Å². The lowest BCUT2D eigenvalue weighted by Gasteiger charge is -2.38. The van der Waals surface area contributed by atoms with E-state index in [2.05, 4.69) is 16.8 Å². The highest BCUT2D eigenvalue weighted by atomic mass is 16.5. The number of fused-ring (bicyclic) bond motifs is 1. The maximum atomic E-state index is 13.6. The van der Waals surface area contributed by atoms with Gasteiger partial charge in [-0.3, -0.25) is 9.59 Å². The van der Waals surface area contributed by atoms with Crippen LogP contribution in [0.2, 0.25) is 0 Å². The SMILES string of the molecule is C[C@H]1CN([C@@H](C)CO)C(=O)c2cc(C#CC3(O)CCCC3)cnc2O[C@H]1CN(C)C(=O)C1CCOCC1. The highest BCUT2D eigenvalue weighted by molar-refractivity contribution is 5.97. The molecule has 2 fully saturated rings. The molecule has 3 atom stereocenters. The first kappa shape index (κ1) is 27.4. The average Bonchev–Trinajstić information content (AvgIpc) is 3.35. The van der Waals surface area contributed by atoms with E-state index >= 15 is 0 Å². The Morgan fingerprint density at radius 3 is 2.70 bits per heavy atom. The Kier molecular flexibility index (Phi) is 8.73. The van der Waals surface area contributed by atoms with Crippen molar-refractivity contribution in [3.05, 3.63) is 23.4 Å². The van der Waals surface area contributed by atoms with E-state index in [0.717, 1.165) is 12.8 Å². The summed E-state index contributed by atoms with van der Waals surface area (Å²) < 4.78 is 11.7. The van der Waals surface area contributed by atoms with Crippen LogP contribution in [0, 0.1) is 23.7 Å². The second-order valence-electron chi connectivity index (χ2n) is 10.8. The van der Waals surface area contributed by atoms with Gasteiger partial charge in [0.25, 0.3) is 5.91 Å². The maximum Gasteiger partial charge on any atom is 0.259 e. The largest absolute Gasteiger partial charge is 0.472 e. The fourth-order valence-corrected chi connectivity index (χ4v) is 5.28. The van der Waals surface area contributed by atoms with Crippen LogP contribution < -0.4 is 4.74 Å². The zero-order chi connectivity index (χ0) is 26.6. The van der Waals surface area contributed by atoms with Crippen LogP contribution in [-0.2, 0) is 9.53 Å². The van der Waals surface area contributed by atoms with Gasteiger partial charge in [-0.1, -0.05) is 18.8 Å². The average molecular weight is 514 g/mol. The number of amides is 2. The Labute approximate surface area is 219 Å². The van der Waals surface area contributed by atoms with Gasteiger partial charge in [0.2, 0.25) is 11.8 Å². The fourth-order valence-electron chi connectivity index (χ4n) is 5.28. The van der Waals surface area contributed by atoms with Crippen molar-refractivity contribution in [2.45, 2.75) is 70.1 Å². The highest BCUT2D eigenvalue weighted by Crippen LogP contribution is 2.30. The number of aliphatic hydroxyl groups excluding tert-OH is 1. The minimum atomic E-state index is -0.996. The standard InChI is InChI=1S/C28H39N3O6/c1-19-16-31(20(2)18-32)27(34)23-14-21(6-11-28(35)9-4-5-10-28)15-29-25(23)37-24(19)17-30(3)26(33)22-7-12-36-13-8-22/h14-15,19-20,22,24,32,35H,4-5,7-10,12-13,16-18H2,1-3H3/t19-,20-,24-/m0/s1. The van der Waals surface area contributed by atoms with Gasteiger partial charge >= 0.3 is 0 Å². The monoisotopic (exact) mass is 513 g/mol. The number of pyridine rings is 1. The molecule has 0 aromatic carbocycles. The van der Waals surface area contributed by atoms with Gasteiger partial charge in [0.05, 0.1) is 19.2 Å². The number of aromatic nitrogens is 1. The van der Waals surface area contributed by atoms with Gasteiger partial charge in [0.1, 0.15) is 17.3 Å². The van der Waals surface area contributed by atoms with E-state index in [1.54, 1.807) is 36.0 Å². The first-order valence-electron chi connectivity index (χ1n) is 13.4. The molecule has 9 heteroatoms. The van der Waals surface area contributed by atoms with E-state index in [4.69, 9.17) is 9.47 Å². The molecule has 37 heavy (non-hydrogen) atoms. The molecule has 1 saturated carbocycles. The Hall–Kier alpha value is -2.67. The van der Waals surface area contributed by atoms with E-state index in [1.165, 1.54) is 0 Å². The summed E-state index contributed by atoms with van der Waals surface area (Å²) in [7, 11) is 1.78. The van der Waals surface area contributed by atoms with Gasteiger partial charge in [-0.2, -0.15) is 0 Å². The van der Waals surface area contributed by atoms with Crippen LogP contribution in [0.25, 0.3) is 0 Å². The van der Waals surface area contributed by atoms with E-state index in [-0.39, 0.29) is 41.7 Å². The summed E-state index contributed by atoms with van der Waals surface area (Å²) in [6.07, 6.45) is 5.74. The van der Waals surface area contributed by atoms with Crippen LogP contribution in [0.15, 0.2) is 12.3 Å². The Morgan fingerprint density at radius 2 is 2.03 bits per heavy atom. The first-order chi connectivity index (χ1) is 17.7. The molecule has 202 valence electrons. The number of aliphatic hydroxyl groups is 2. The molecular formula is C28H39N3O6. The second kappa shape index (κ2) is 11.8. The molecule has 3 heterocycles. The Balaban J connectivity index is 1.61. The van der Waals surface area contributed by atoms with Crippen LogP contribution in [0.4, 0.5) is 0 Å². The Bertz CT molecular complexity index is 1040. The van der Waals surface area contributed by atoms with Gasteiger partial charge in [-0.05, 0) is 51.5 Å². The molecule has 1 aromatic heterocycles. The smallest absolute Gasteiger partial charge is 0.259 e. The van der Waals surface area contributed by atoms with Crippen LogP contribution >= 0.6 is 0 Å². The van der Waals surface area contributed by atoms with E-state index < -0.39 is 17.7 Å². The van der Waals surface area contributed by atoms with Gasteiger partial charge in [-0.15, -0.1) is 0 Å². The normalized spacial score (nSPS) is 24.7. The number of hydrogen-bond donors (Lipinski definition) is 2. The number of rotatable bonds is 5. The van der Waals surface area contributed by atoms with E-state index in [1.807, 2.05) is 6.92 Å². The summed E-state index contributed by atoms with van der Waals surface area (Å²) in [5.74, 6) is 5.75. The molecule has 0 unspecified atom stereocenters. The molecule has 1 aliphatic carbocycles. The van der Waals surface area contributed by atoms with Crippen molar-refractivity contribution in [2.75, 3.05) is 40.0 Å². The molecule has 2 amide bonds. The number of hydrogen-bond acceptors (Lipinski definition) is 7. The number of ether oxygens (including phenoxy) is 2. The number of carbonyl (C=O) groups is 2. The quantitative estimate of drug-likeness (QED) is 0.578. The third kappa shape index (κ3) is 6.43. The maximum absolute atomic E-state index is 13.6. The molecule has 0 radical (unpaired) electrons. The molecule has 1 aromatic rings. The van der Waals surface area contributed by atoms with Crippen molar-refractivity contribution in [1.29, 1.82) is 0 Å². The molecule has 4 rings (SSSR count). The van der Waals surface area contributed by atoms with Crippen molar-refractivity contribution in [3.63, 3.8) is 0 Å². The highest BCUT2D eigenvalue weighted by Gasteiger charge is 2.36. The van der Waals surface area contributed by atoms with Gasteiger partial charge in [-0.25, -0.2) is 4.98 Å². The summed E-state index contributed by atoms with van der Waals surface area (Å²) in [4.78, 5) is 34.4. The predicted molar refractivity (Wildman–Crippen MR) is 137 cm³/mol. The molecule has 2 aliphatic heterocycles. The number of likely N-dealkylation sites (N-methyl/N-ethyl adjacent to an activating group) is 1. The molecule has 2 N–H and O–H groups in total. The third-order valence-corrected chi connectivity index (χ3v) is 7.79. The summed E-state index contributed by atoms with van der Waals surface area (Å²) in [5, 5.41) is 20.5. The van der Waals surface area contributed by atoms with E-state index in [0.29, 0.717) is 57.6 Å².